The molecule has 1 aromatic carbocycles. The molecule has 0 unspecified atom stereocenters. The molecule has 1 N–H and O–H groups in total. The largest absolute Gasteiger partial charge is 0.481 e. The number of benzene rings is 1. The van der Waals surface area contributed by atoms with Crippen LogP contribution >= 0.6 is 0 Å². The summed E-state index contributed by atoms with van der Waals surface area (Å²) in [5.41, 5.74) is -1.03. The predicted octanol–water partition coefficient (Wildman–Crippen LogP) is 2.39. The van der Waals surface area contributed by atoms with Gasteiger partial charge in [0.05, 0.1) is 6.42 Å². The third-order valence-electron chi connectivity index (χ3n) is 3.40. The van der Waals surface area contributed by atoms with Crippen molar-refractivity contribution in [1.82, 2.24) is 0 Å². The van der Waals surface area contributed by atoms with Gasteiger partial charge in [-0.05, 0) is 5.56 Å². The van der Waals surface area contributed by atoms with E-state index < -0.39 is 35.7 Å². The Morgan fingerprint density at radius 1 is 1.29 bits per heavy atom. The van der Waals surface area contributed by atoms with Crippen LogP contribution in [-0.4, -0.2) is 28.9 Å². The Kier molecular flexibility index (Phi) is 4.05. The number of hydrogen-bond donors (Lipinski definition) is 1. The topological polar surface area (TPSA) is 72.8 Å². The number of cyclic esters (lactones) is 1. The van der Waals surface area contributed by atoms with E-state index >= 15 is 0 Å². The molecule has 0 spiro atoms. The molecular weight excluding hydrogens is 272 g/mol. The third-order valence-corrected chi connectivity index (χ3v) is 3.40. The highest BCUT2D eigenvalue weighted by molar-refractivity contribution is 5.87. The first-order chi connectivity index (χ1) is 9.73. The second-order valence-electron chi connectivity index (χ2n) is 6.45. The van der Waals surface area contributed by atoms with Gasteiger partial charge >= 0.3 is 11.9 Å². The number of hydrogen-bond acceptors (Lipinski definition) is 4. The van der Waals surface area contributed by atoms with Crippen LogP contribution in [-0.2, 0) is 25.5 Å². The van der Waals surface area contributed by atoms with E-state index in [2.05, 4.69) is 0 Å². The van der Waals surface area contributed by atoms with Crippen LogP contribution in [0.25, 0.3) is 0 Å². The minimum atomic E-state index is -1.45. The molecule has 1 aliphatic rings. The van der Waals surface area contributed by atoms with Gasteiger partial charge in [-0.3, -0.25) is 4.79 Å². The van der Waals surface area contributed by atoms with E-state index in [1.165, 1.54) is 0 Å². The number of carbonyl (C=O) groups excluding carboxylic acids is 1. The standard InChI is InChI=1S/C16H20O5/c1-15(2,3)14-20-13(19)16(21-14,10-12(17)18)9-11-7-5-4-6-8-11/h4-8,14H,9-10H2,1-3H3,(H,17,18)/t14-,16-/m1/s1. The summed E-state index contributed by atoms with van der Waals surface area (Å²) >= 11 is 0. The number of rotatable bonds is 4. The summed E-state index contributed by atoms with van der Waals surface area (Å²) < 4.78 is 11.1. The SMILES string of the molecule is CC(C)(C)[C@@H]1OC(=O)[C@](CC(=O)O)(Cc2ccccc2)O1. The molecule has 1 aliphatic heterocycles. The van der Waals surface area contributed by atoms with Crippen LogP contribution < -0.4 is 0 Å². The Balaban J connectivity index is 2.30. The maximum absolute atomic E-state index is 12.3. The fourth-order valence-electron chi connectivity index (χ4n) is 2.30. The zero-order valence-electron chi connectivity index (χ0n) is 12.5. The Bertz CT molecular complexity index is 531. The molecule has 0 aromatic heterocycles. The maximum Gasteiger partial charge on any atom is 0.341 e. The number of carboxylic acid groups (broad SMARTS) is 1. The van der Waals surface area contributed by atoms with Crippen LogP contribution in [0.2, 0.25) is 0 Å². The van der Waals surface area contributed by atoms with Gasteiger partial charge < -0.3 is 14.6 Å². The monoisotopic (exact) mass is 292 g/mol. The van der Waals surface area contributed by atoms with Crippen LogP contribution in [0.15, 0.2) is 30.3 Å². The molecule has 1 fully saturated rings. The number of carboxylic acids is 1. The van der Waals surface area contributed by atoms with E-state index in [1.807, 2.05) is 51.1 Å². The van der Waals surface area contributed by atoms with E-state index in [1.54, 1.807) is 0 Å². The second-order valence-corrected chi connectivity index (χ2v) is 6.45. The van der Waals surface area contributed by atoms with Crippen LogP contribution in [0.5, 0.6) is 0 Å². The molecule has 1 aromatic rings. The quantitative estimate of drug-likeness (QED) is 0.863. The molecule has 114 valence electrons. The fraction of sp³-hybridized carbons (Fsp3) is 0.500. The van der Waals surface area contributed by atoms with E-state index in [9.17, 15) is 9.59 Å². The third kappa shape index (κ3) is 3.42. The van der Waals surface area contributed by atoms with Crippen molar-refractivity contribution in [2.75, 3.05) is 0 Å². The molecule has 0 aliphatic carbocycles. The van der Waals surface area contributed by atoms with Crippen molar-refractivity contribution in [3.05, 3.63) is 35.9 Å². The summed E-state index contributed by atoms with van der Waals surface area (Å²) in [6.45, 7) is 5.64. The first kappa shape index (κ1) is 15.5. The Morgan fingerprint density at radius 2 is 1.90 bits per heavy atom. The minimum absolute atomic E-state index is 0.186. The molecule has 0 bridgehead atoms. The van der Waals surface area contributed by atoms with Crippen LogP contribution in [0.4, 0.5) is 0 Å². The lowest BCUT2D eigenvalue weighted by molar-refractivity contribution is -0.160. The predicted molar refractivity (Wildman–Crippen MR) is 75.5 cm³/mol. The summed E-state index contributed by atoms with van der Waals surface area (Å²) in [6, 6.07) is 9.21. The Hall–Kier alpha value is -1.88. The highest BCUT2D eigenvalue weighted by Crippen LogP contribution is 2.38. The Morgan fingerprint density at radius 3 is 2.38 bits per heavy atom. The van der Waals surface area contributed by atoms with Crippen molar-refractivity contribution in [3.63, 3.8) is 0 Å². The lowest BCUT2D eigenvalue weighted by atomic mass is 9.91. The molecule has 1 saturated heterocycles. The minimum Gasteiger partial charge on any atom is -0.481 e. The van der Waals surface area contributed by atoms with Gasteiger partial charge in [-0.15, -0.1) is 0 Å². The van der Waals surface area contributed by atoms with Gasteiger partial charge in [-0.2, -0.15) is 0 Å². The zero-order chi connectivity index (χ0) is 15.7. The first-order valence-electron chi connectivity index (χ1n) is 6.88. The molecule has 2 atom stereocenters. The fourth-order valence-corrected chi connectivity index (χ4v) is 2.30. The average Bonchev–Trinajstić information content (AvgIpc) is 2.67. The van der Waals surface area contributed by atoms with Crippen molar-refractivity contribution < 1.29 is 24.2 Å². The summed E-state index contributed by atoms with van der Waals surface area (Å²) in [5.74, 6) is -1.69. The molecule has 0 saturated carbocycles. The van der Waals surface area contributed by atoms with E-state index in [0.717, 1.165) is 5.56 Å². The smallest absolute Gasteiger partial charge is 0.341 e. The zero-order valence-corrected chi connectivity index (χ0v) is 12.5. The molecule has 2 rings (SSSR count). The molecule has 5 nitrogen and oxygen atoms in total. The molecule has 21 heavy (non-hydrogen) atoms. The highest BCUT2D eigenvalue weighted by atomic mass is 16.8. The maximum atomic E-state index is 12.3. The molecule has 5 heteroatoms. The number of aliphatic carboxylic acids is 1. The highest BCUT2D eigenvalue weighted by Gasteiger charge is 2.54. The van der Waals surface area contributed by atoms with Gasteiger partial charge in [-0.1, -0.05) is 51.1 Å². The van der Waals surface area contributed by atoms with E-state index in [0.29, 0.717) is 0 Å². The van der Waals surface area contributed by atoms with Gasteiger partial charge in [0.25, 0.3) is 0 Å². The summed E-state index contributed by atoms with van der Waals surface area (Å²) in [5, 5.41) is 9.14. The number of esters is 1. The van der Waals surface area contributed by atoms with Gasteiger partial charge in [0.15, 0.2) is 5.60 Å². The van der Waals surface area contributed by atoms with E-state index in [-0.39, 0.29) is 6.42 Å². The van der Waals surface area contributed by atoms with Crippen molar-refractivity contribution in [1.29, 1.82) is 0 Å². The normalized spacial score (nSPS) is 25.7. The molecular formula is C16H20O5. The van der Waals surface area contributed by atoms with Crippen LogP contribution in [0.3, 0.4) is 0 Å². The summed E-state index contributed by atoms with van der Waals surface area (Å²) in [4.78, 5) is 23.4. The van der Waals surface area contributed by atoms with Gasteiger partial charge in [0, 0.05) is 11.8 Å². The molecule has 0 amide bonds. The lowest BCUT2D eigenvalue weighted by Gasteiger charge is -2.27. The number of ether oxygens (including phenoxy) is 2. The van der Waals surface area contributed by atoms with Crippen molar-refractivity contribution in [2.24, 2.45) is 5.41 Å². The van der Waals surface area contributed by atoms with Gasteiger partial charge in [-0.25, -0.2) is 4.79 Å². The van der Waals surface area contributed by atoms with Crippen molar-refractivity contribution in [3.8, 4) is 0 Å². The second kappa shape index (κ2) is 5.48. The van der Waals surface area contributed by atoms with Crippen LogP contribution in [0, 0.1) is 5.41 Å². The first-order valence-corrected chi connectivity index (χ1v) is 6.88. The van der Waals surface area contributed by atoms with Crippen molar-refractivity contribution in [2.45, 2.75) is 45.5 Å². The molecule has 0 radical (unpaired) electrons. The van der Waals surface area contributed by atoms with Crippen LogP contribution in [0.1, 0.15) is 32.8 Å². The van der Waals surface area contributed by atoms with E-state index in [4.69, 9.17) is 14.6 Å². The summed E-state index contributed by atoms with van der Waals surface area (Å²) in [7, 11) is 0. The Labute approximate surface area is 123 Å². The number of carbonyl (C=O) groups is 2. The van der Waals surface area contributed by atoms with Gasteiger partial charge in [0.2, 0.25) is 6.29 Å². The summed E-state index contributed by atoms with van der Waals surface area (Å²) in [6.07, 6.45) is -0.966. The average molecular weight is 292 g/mol. The lowest BCUT2D eigenvalue weighted by Crippen LogP contribution is -2.42. The van der Waals surface area contributed by atoms with Crippen molar-refractivity contribution >= 4 is 11.9 Å². The molecule has 1 heterocycles. The van der Waals surface area contributed by atoms with Gasteiger partial charge in [0.1, 0.15) is 0 Å².